The Morgan fingerprint density at radius 2 is 2.18 bits per heavy atom. The number of carbonyl (C=O) groups excluding carboxylic acids is 1. The number of carbonyl (C=O) groups is 1. The molecule has 0 saturated carbocycles. The summed E-state index contributed by atoms with van der Waals surface area (Å²) in [6.07, 6.45) is 0. The molecule has 0 unspecified atom stereocenters. The third-order valence-electron chi connectivity index (χ3n) is 2.25. The number of hydrogen-bond acceptors (Lipinski definition) is 4. The average Bonchev–Trinajstić information content (AvgIpc) is 2.64. The Morgan fingerprint density at radius 3 is 2.76 bits per heavy atom. The van der Waals surface area contributed by atoms with Crippen molar-refractivity contribution < 1.29 is 4.79 Å². The van der Waals surface area contributed by atoms with E-state index in [4.69, 9.17) is 0 Å². The molecular weight excluding hydrogens is 256 g/mol. The van der Waals surface area contributed by atoms with E-state index >= 15 is 0 Å². The van der Waals surface area contributed by atoms with Crippen LogP contribution in [0.25, 0.3) is 0 Å². The minimum absolute atomic E-state index is 0.151. The van der Waals surface area contributed by atoms with E-state index in [0.29, 0.717) is 0 Å². The molecule has 0 spiro atoms. The third kappa shape index (κ3) is 4.91. The number of hydrogen-bond donors (Lipinski definition) is 3. The van der Waals surface area contributed by atoms with Gasteiger partial charge < -0.3 is 5.32 Å². The van der Waals surface area contributed by atoms with E-state index in [1.165, 1.54) is 17.5 Å². The Labute approximate surface area is 110 Å². The number of thioether (sulfide) groups is 1. The fraction of sp³-hybridized carbons (Fsp3) is 0.600. The van der Waals surface area contributed by atoms with Crippen molar-refractivity contribution in [3.8, 4) is 0 Å². The number of aryl methyl sites for hydroxylation is 2. The first-order valence-corrected chi connectivity index (χ1v) is 7.47. The Bertz CT molecular complexity index is 348. The molecule has 0 aliphatic carbocycles. The molecule has 0 radical (unpaired) electrons. The maximum atomic E-state index is 10.9. The van der Waals surface area contributed by atoms with Gasteiger partial charge in [0.25, 0.3) is 0 Å². The number of aromatic amines is 1. The van der Waals surface area contributed by atoms with E-state index in [1.54, 1.807) is 7.05 Å². The van der Waals surface area contributed by atoms with Gasteiger partial charge in [0.05, 0.1) is 5.69 Å². The van der Waals surface area contributed by atoms with Crippen LogP contribution >= 0.6 is 23.7 Å². The lowest BCUT2D eigenvalue weighted by molar-refractivity contribution is 0.248. The number of H-pyrrole nitrogens is 1. The Balaban J connectivity index is 2.11. The molecule has 0 atom stereocenters. The van der Waals surface area contributed by atoms with Crippen molar-refractivity contribution in [2.45, 2.75) is 19.6 Å². The Morgan fingerprint density at radius 1 is 1.41 bits per heavy atom. The third-order valence-corrected chi connectivity index (χ3v) is 4.23. The smallest absolute Gasteiger partial charge is 0.324 e. The summed E-state index contributed by atoms with van der Waals surface area (Å²) in [7, 11) is 1.61. The second-order valence-electron chi connectivity index (χ2n) is 3.49. The highest BCUT2D eigenvalue weighted by molar-refractivity contribution is 8.01. The molecule has 0 aliphatic heterocycles. The lowest BCUT2D eigenvalue weighted by atomic mass is 10.2. The molecule has 0 aromatic carbocycles. The van der Waals surface area contributed by atoms with Gasteiger partial charge in [0, 0.05) is 35.6 Å². The first kappa shape index (κ1) is 14.2. The molecular formula is C10H18N4OS2. The van der Waals surface area contributed by atoms with Gasteiger partial charge in [-0.2, -0.15) is 16.9 Å². The van der Waals surface area contributed by atoms with Gasteiger partial charge in [-0.3, -0.25) is 9.82 Å². The maximum absolute atomic E-state index is 10.9. The molecule has 5 nitrogen and oxygen atoms in total. The van der Waals surface area contributed by atoms with Crippen molar-refractivity contribution in [1.29, 1.82) is 0 Å². The highest BCUT2D eigenvalue weighted by Crippen LogP contribution is 2.18. The zero-order chi connectivity index (χ0) is 12.7. The van der Waals surface area contributed by atoms with E-state index in [9.17, 15) is 4.79 Å². The Kier molecular flexibility index (Phi) is 6.28. The molecule has 1 rings (SSSR count). The molecule has 0 saturated heterocycles. The highest BCUT2D eigenvalue weighted by Gasteiger charge is 2.05. The maximum Gasteiger partial charge on any atom is 0.324 e. The summed E-state index contributed by atoms with van der Waals surface area (Å²) >= 11 is 3.27. The van der Waals surface area contributed by atoms with Crippen molar-refractivity contribution in [2.75, 3.05) is 18.6 Å². The van der Waals surface area contributed by atoms with Gasteiger partial charge in [0.15, 0.2) is 0 Å². The van der Waals surface area contributed by atoms with Crippen molar-refractivity contribution in [1.82, 2.24) is 20.2 Å². The van der Waals surface area contributed by atoms with Crippen LogP contribution in [0, 0.1) is 13.8 Å². The summed E-state index contributed by atoms with van der Waals surface area (Å²) < 4.78 is 2.68. The average molecular weight is 274 g/mol. The predicted octanol–water partition coefficient (Wildman–Crippen LogP) is 1.84. The standard InChI is InChI=1S/C10H18N4OS2/c1-7-9(8(2)13-12-7)6-16-4-5-17-14-10(15)11-3/h4-6H2,1-3H3,(H,12,13)(H2,11,14,15). The highest BCUT2D eigenvalue weighted by atomic mass is 32.2. The van der Waals surface area contributed by atoms with Gasteiger partial charge in [0.2, 0.25) is 0 Å². The fourth-order valence-electron chi connectivity index (χ4n) is 1.23. The topological polar surface area (TPSA) is 69.8 Å². The van der Waals surface area contributed by atoms with Gasteiger partial charge in [-0.1, -0.05) is 0 Å². The van der Waals surface area contributed by atoms with Crippen LogP contribution < -0.4 is 10.0 Å². The first-order valence-electron chi connectivity index (χ1n) is 5.33. The van der Waals surface area contributed by atoms with Crippen LogP contribution in [0.1, 0.15) is 17.0 Å². The second-order valence-corrected chi connectivity index (χ2v) is 5.50. The molecule has 7 heteroatoms. The molecule has 3 N–H and O–H groups in total. The van der Waals surface area contributed by atoms with Gasteiger partial charge in [-0.15, -0.1) is 0 Å². The summed E-state index contributed by atoms with van der Waals surface area (Å²) in [5.41, 5.74) is 3.51. The van der Waals surface area contributed by atoms with E-state index < -0.39 is 0 Å². The van der Waals surface area contributed by atoms with Gasteiger partial charge in [-0.05, 0) is 25.8 Å². The van der Waals surface area contributed by atoms with E-state index in [0.717, 1.165) is 28.6 Å². The SMILES string of the molecule is CNC(=O)NSCCSCc1c(C)n[nH]c1C. The summed E-state index contributed by atoms with van der Waals surface area (Å²) in [6.45, 7) is 4.05. The number of rotatable bonds is 6. The largest absolute Gasteiger partial charge is 0.341 e. The second kappa shape index (κ2) is 7.50. The van der Waals surface area contributed by atoms with Gasteiger partial charge >= 0.3 is 6.03 Å². The normalized spacial score (nSPS) is 10.3. The lowest BCUT2D eigenvalue weighted by Gasteiger charge is -2.03. The van der Waals surface area contributed by atoms with Crippen molar-refractivity contribution in [3.63, 3.8) is 0 Å². The molecule has 0 bridgehead atoms. The molecule has 96 valence electrons. The molecule has 0 aliphatic rings. The first-order chi connectivity index (χ1) is 8.15. The number of nitrogens with one attached hydrogen (secondary N) is 3. The van der Waals surface area contributed by atoms with Crippen LogP contribution in [0.2, 0.25) is 0 Å². The van der Waals surface area contributed by atoms with E-state index in [-0.39, 0.29) is 6.03 Å². The van der Waals surface area contributed by atoms with Crippen molar-refractivity contribution in [2.24, 2.45) is 0 Å². The summed E-state index contributed by atoms with van der Waals surface area (Å²) in [6, 6.07) is -0.151. The van der Waals surface area contributed by atoms with Gasteiger partial charge in [0.1, 0.15) is 0 Å². The molecule has 0 fully saturated rings. The fourth-order valence-corrected chi connectivity index (χ4v) is 3.14. The zero-order valence-corrected chi connectivity index (χ0v) is 11.9. The van der Waals surface area contributed by atoms with Crippen LogP contribution in [-0.4, -0.2) is 34.8 Å². The minimum Gasteiger partial charge on any atom is -0.341 e. The number of amides is 2. The molecule has 1 aromatic heterocycles. The number of urea groups is 1. The van der Waals surface area contributed by atoms with Crippen LogP contribution in [0.3, 0.4) is 0 Å². The van der Waals surface area contributed by atoms with Crippen molar-refractivity contribution >= 4 is 29.7 Å². The quantitative estimate of drug-likeness (QED) is 0.547. The summed E-state index contributed by atoms with van der Waals surface area (Å²) in [4.78, 5) is 10.9. The van der Waals surface area contributed by atoms with Crippen LogP contribution in [0.15, 0.2) is 0 Å². The predicted molar refractivity (Wildman–Crippen MR) is 74.3 cm³/mol. The number of aromatic nitrogens is 2. The molecule has 1 aromatic rings. The summed E-state index contributed by atoms with van der Waals surface area (Å²) in [5, 5.41) is 9.64. The van der Waals surface area contributed by atoms with Crippen LogP contribution in [0.5, 0.6) is 0 Å². The van der Waals surface area contributed by atoms with Crippen LogP contribution in [0.4, 0.5) is 4.79 Å². The molecule has 17 heavy (non-hydrogen) atoms. The molecule has 2 amide bonds. The zero-order valence-electron chi connectivity index (χ0n) is 10.3. The monoisotopic (exact) mass is 274 g/mol. The molecule has 1 heterocycles. The summed E-state index contributed by atoms with van der Waals surface area (Å²) in [5.74, 6) is 2.86. The van der Waals surface area contributed by atoms with Crippen LogP contribution in [-0.2, 0) is 5.75 Å². The Hall–Kier alpha value is -0.820. The van der Waals surface area contributed by atoms with Crippen molar-refractivity contribution in [3.05, 3.63) is 17.0 Å². The minimum atomic E-state index is -0.151. The number of nitrogens with zero attached hydrogens (tertiary/aromatic N) is 1. The van der Waals surface area contributed by atoms with E-state index in [1.807, 2.05) is 25.6 Å². The lowest BCUT2D eigenvalue weighted by Crippen LogP contribution is -2.27. The van der Waals surface area contributed by atoms with Gasteiger partial charge in [-0.25, -0.2) is 4.79 Å². The van der Waals surface area contributed by atoms with E-state index in [2.05, 4.69) is 20.2 Å².